The first-order chi connectivity index (χ1) is 15.9. The number of esters is 1. The quantitative estimate of drug-likeness (QED) is 0.428. The van der Waals surface area contributed by atoms with Crippen molar-refractivity contribution in [3.05, 3.63) is 57.6 Å². The number of hydrogen-bond donors (Lipinski definition) is 3. The van der Waals surface area contributed by atoms with Gasteiger partial charge in [0.15, 0.2) is 0 Å². The number of ether oxygens (including phenoxy) is 3. The summed E-state index contributed by atoms with van der Waals surface area (Å²) in [5.41, 5.74) is 16.0. The minimum absolute atomic E-state index is 0.0331. The second-order valence-corrected chi connectivity index (χ2v) is 7.91. The normalized spacial score (nSPS) is 18.0. The molecule has 2 aliphatic rings. The maximum absolute atomic E-state index is 12.9. The van der Waals surface area contributed by atoms with E-state index in [2.05, 4.69) is 0 Å². The van der Waals surface area contributed by atoms with Gasteiger partial charge in [-0.15, -0.1) is 0 Å². The first-order valence-corrected chi connectivity index (χ1v) is 11.4. The van der Waals surface area contributed by atoms with Crippen molar-refractivity contribution in [3.63, 3.8) is 0 Å². The van der Waals surface area contributed by atoms with Gasteiger partial charge in [0.1, 0.15) is 17.1 Å². The molecule has 2 aliphatic carbocycles. The fourth-order valence-electron chi connectivity index (χ4n) is 4.49. The van der Waals surface area contributed by atoms with Crippen LogP contribution in [0.25, 0.3) is 0 Å². The topological polar surface area (TPSA) is 134 Å². The summed E-state index contributed by atoms with van der Waals surface area (Å²) in [4.78, 5) is 24.4. The molecule has 2 aromatic carbocycles. The smallest absolute Gasteiger partial charge is 0.345 e. The molecule has 0 saturated heterocycles. The highest BCUT2D eigenvalue weighted by Crippen LogP contribution is 2.34. The van der Waals surface area contributed by atoms with Crippen LogP contribution >= 0.6 is 0 Å². The van der Waals surface area contributed by atoms with Crippen molar-refractivity contribution >= 4 is 11.9 Å². The van der Waals surface area contributed by atoms with Crippen molar-refractivity contribution in [1.29, 1.82) is 0 Å². The monoisotopic (exact) mass is 456 g/mol. The number of aromatic carboxylic acids is 1. The second kappa shape index (κ2) is 10.7. The molecule has 8 nitrogen and oxygen atoms in total. The number of carbonyl (C=O) groups excluding carboxylic acids is 1. The Hall–Kier alpha value is -3.10. The Bertz CT molecular complexity index is 1040. The van der Waals surface area contributed by atoms with Gasteiger partial charge in [-0.3, -0.25) is 0 Å². The first-order valence-electron chi connectivity index (χ1n) is 11.4. The molecule has 0 aromatic heterocycles. The highest BCUT2D eigenvalue weighted by molar-refractivity contribution is 5.95. The molecule has 2 atom stereocenters. The molecule has 2 aromatic rings. The molecule has 8 heteroatoms. The molecular formula is C25H32N2O6. The van der Waals surface area contributed by atoms with Gasteiger partial charge in [0.05, 0.1) is 12.2 Å². The SMILES string of the molecule is CC.CCOc1ccc2c(c1C(=O)OCOc1ccc(C(=O)O)c3c1CC(N)C3)CC(N)C2. The van der Waals surface area contributed by atoms with Gasteiger partial charge < -0.3 is 30.8 Å². The van der Waals surface area contributed by atoms with Crippen LogP contribution in [-0.2, 0) is 30.4 Å². The predicted octanol–water partition coefficient (Wildman–Crippen LogP) is 2.85. The van der Waals surface area contributed by atoms with E-state index in [9.17, 15) is 14.7 Å². The Morgan fingerprint density at radius 1 is 0.909 bits per heavy atom. The Balaban J connectivity index is 0.00000149. The van der Waals surface area contributed by atoms with Crippen LogP contribution in [0.2, 0.25) is 0 Å². The van der Waals surface area contributed by atoms with E-state index in [4.69, 9.17) is 25.7 Å². The summed E-state index contributed by atoms with van der Waals surface area (Å²) >= 11 is 0. The Labute approximate surface area is 193 Å². The van der Waals surface area contributed by atoms with Gasteiger partial charge in [-0.2, -0.15) is 0 Å². The minimum Gasteiger partial charge on any atom is -0.493 e. The number of fused-ring (bicyclic) bond motifs is 2. The maximum atomic E-state index is 12.9. The summed E-state index contributed by atoms with van der Waals surface area (Å²) < 4.78 is 16.8. The van der Waals surface area contributed by atoms with Crippen molar-refractivity contribution < 1.29 is 28.9 Å². The van der Waals surface area contributed by atoms with E-state index in [1.807, 2.05) is 26.8 Å². The molecule has 0 radical (unpaired) electrons. The maximum Gasteiger partial charge on any atom is 0.345 e. The average Bonchev–Trinajstić information content (AvgIpc) is 3.36. The Kier molecular flexibility index (Phi) is 7.94. The molecule has 2 unspecified atom stereocenters. The van der Waals surface area contributed by atoms with E-state index in [0.29, 0.717) is 54.9 Å². The van der Waals surface area contributed by atoms with E-state index < -0.39 is 11.9 Å². The van der Waals surface area contributed by atoms with Gasteiger partial charge in [-0.1, -0.05) is 19.9 Å². The molecular weight excluding hydrogens is 424 g/mol. The predicted molar refractivity (Wildman–Crippen MR) is 124 cm³/mol. The van der Waals surface area contributed by atoms with Crippen LogP contribution < -0.4 is 20.9 Å². The summed E-state index contributed by atoms with van der Waals surface area (Å²) in [7, 11) is 0. The van der Waals surface area contributed by atoms with E-state index in [-0.39, 0.29) is 24.4 Å². The number of nitrogens with two attached hydrogens (primary N) is 2. The van der Waals surface area contributed by atoms with Crippen LogP contribution in [0.4, 0.5) is 0 Å². The largest absolute Gasteiger partial charge is 0.493 e. The lowest BCUT2D eigenvalue weighted by Crippen LogP contribution is -2.20. The van der Waals surface area contributed by atoms with Crippen molar-refractivity contribution in [2.24, 2.45) is 11.5 Å². The third kappa shape index (κ3) is 5.12. The number of carbonyl (C=O) groups is 2. The zero-order valence-electron chi connectivity index (χ0n) is 19.3. The van der Waals surface area contributed by atoms with Gasteiger partial charge in [0.2, 0.25) is 6.79 Å². The van der Waals surface area contributed by atoms with Gasteiger partial charge in [0, 0.05) is 12.1 Å². The molecule has 0 spiro atoms. The molecule has 0 fully saturated rings. The van der Waals surface area contributed by atoms with Gasteiger partial charge >= 0.3 is 11.9 Å². The van der Waals surface area contributed by atoms with Gasteiger partial charge in [-0.25, -0.2) is 9.59 Å². The van der Waals surface area contributed by atoms with Crippen molar-refractivity contribution in [3.8, 4) is 11.5 Å². The van der Waals surface area contributed by atoms with Crippen molar-refractivity contribution in [1.82, 2.24) is 0 Å². The van der Waals surface area contributed by atoms with E-state index in [1.54, 1.807) is 12.1 Å². The summed E-state index contributed by atoms with van der Waals surface area (Å²) in [6, 6.07) is 6.60. The summed E-state index contributed by atoms with van der Waals surface area (Å²) in [6.45, 7) is 5.96. The van der Waals surface area contributed by atoms with Crippen LogP contribution in [0.1, 0.15) is 63.7 Å². The third-order valence-electron chi connectivity index (χ3n) is 5.78. The highest BCUT2D eigenvalue weighted by atomic mass is 16.7. The van der Waals surface area contributed by atoms with Crippen LogP contribution in [-0.4, -0.2) is 42.5 Å². The number of benzene rings is 2. The van der Waals surface area contributed by atoms with Crippen LogP contribution in [0.5, 0.6) is 11.5 Å². The summed E-state index contributed by atoms with van der Waals surface area (Å²) in [6.07, 6.45) is 2.28. The van der Waals surface area contributed by atoms with Crippen LogP contribution in [0.15, 0.2) is 24.3 Å². The first kappa shape index (κ1) is 24.5. The summed E-state index contributed by atoms with van der Waals surface area (Å²) in [5.74, 6) is -0.586. The van der Waals surface area contributed by atoms with E-state index in [1.165, 1.54) is 6.07 Å². The van der Waals surface area contributed by atoms with Gasteiger partial charge in [0.25, 0.3) is 0 Å². The van der Waals surface area contributed by atoms with E-state index in [0.717, 1.165) is 16.7 Å². The summed E-state index contributed by atoms with van der Waals surface area (Å²) in [5, 5.41) is 9.39. The fourth-order valence-corrected chi connectivity index (χ4v) is 4.49. The lowest BCUT2D eigenvalue weighted by Gasteiger charge is -2.16. The third-order valence-corrected chi connectivity index (χ3v) is 5.78. The zero-order valence-corrected chi connectivity index (χ0v) is 19.3. The fraction of sp³-hybridized carbons (Fsp3) is 0.440. The zero-order chi connectivity index (χ0) is 24.1. The molecule has 33 heavy (non-hydrogen) atoms. The number of hydrogen-bond acceptors (Lipinski definition) is 7. The molecule has 0 aliphatic heterocycles. The minimum atomic E-state index is -0.997. The van der Waals surface area contributed by atoms with Crippen molar-refractivity contribution in [2.45, 2.75) is 58.5 Å². The number of carboxylic acid groups (broad SMARTS) is 1. The van der Waals surface area contributed by atoms with Crippen molar-refractivity contribution in [2.75, 3.05) is 13.4 Å². The Morgan fingerprint density at radius 2 is 1.55 bits per heavy atom. The molecule has 0 bridgehead atoms. The number of carboxylic acids is 1. The molecule has 4 rings (SSSR count). The lowest BCUT2D eigenvalue weighted by atomic mass is 10.0. The molecule has 0 amide bonds. The highest BCUT2D eigenvalue weighted by Gasteiger charge is 2.29. The molecule has 0 heterocycles. The average molecular weight is 457 g/mol. The van der Waals surface area contributed by atoms with Gasteiger partial charge in [-0.05, 0) is 73.1 Å². The number of rotatable bonds is 7. The van der Waals surface area contributed by atoms with Crippen LogP contribution in [0, 0.1) is 0 Å². The van der Waals surface area contributed by atoms with E-state index >= 15 is 0 Å². The Morgan fingerprint density at radius 3 is 2.24 bits per heavy atom. The molecule has 0 saturated carbocycles. The van der Waals surface area contributed by atoms with Crippen LogP contribution in [0.3, 0.4) is 0 Å². The molecule has 5 N–H and O–H groups in total. The lowest BCUT2D eigenvalue weighted by molar-refractivity contribution is 0.0147. The molecule has 178 valence electrons. The standard InChI is InChI=1S/C23H26N2O6.C2H6/c1-2-29-20-5-3-12-7-13(24)8-16(12)21(20)23(28)31-11-30-19-6-4-15(22(26)27)17-9-14(25)10-18(17)19;1-2/h3-6,13-14H,2,7-11,24-25H2,1H3,(H,26,27);1-2H3. The second-order valence-electron chi connectivity index (χ2n) is 7.91.